The summed E-state index contributed by atoms with van der Waals surface area (Å²) in [5.41, 5.74) is 2.11. The van der Waals surface area contributed by atoms with E-state index in [0.717, 1.165) is 62.8 Å². The molecule has 2 saturated carbocycles. The Morgan fingerprint density at radius 1 is 0.517 bits per heavy atom. The molecule has 0 amide bonds. The summed E-state index contributed by atoms with van der Waals surface area (Å²) in [5, 5.41) is 8.56. The van der Waals surface area contributed by atoms with Gasteiger partial charge in [-0.3, -0.25) is 0 Å². The number of hydrogen-bond donors (Lipinski definition) is 0. The van der Waals surface area contributed by atoms with Crippen molar-refractivity contribution in [2.75, 3.05) is 0 Å². The summed E-state index contributed by atoms with van der Waals surface area (Å²) >= 11 is 6.01. The van der Waals surface area contributed by atoms with Crippen LogP contribution in [0.2, 0.25) is 5.28 Å². The normalized spacial score (nSPS) is 19.6. The lowest BCUT2D eigenvalue weighted by Gasteiger charge is -2.06. The molecule has 0 aromatic carbocycles. The molecule has 0 saturated heterocycles. The van der Waals surface area contributed by atoms with Gasteiger partial charge in [-0.1, -0.05) is 61.7 Å². The Kier molecular flexibility index (Phi) is 9.63. The zero-order valence-electron chi connectivity index (χ0n) is 17.2. The second-order valence-corrected chi connectivity index (χ2v) is 8.25. The fourth-order valence-electron chi connectivity index (χ4n) is 3.77. The molecule has 0 atom stereocenters. The molecular weight excluding hydrogens is 390 g/mol. The van der Waals surface area contributed by atoms with E-state index in [1.165, 1.54) is 51.4 Å². The maximum absolute atomic E-state index is 6.01. The zero-order chi connectivity index (χ0) is 20.2. The minimum Gasteiger partial charge on any atom is -0.315 e. The molecule has 8 heteroatoms. The summed E-state index contributed by atoms with van der Waals surface area (Å²) in [6, 6.07) is 0.0871. The van der Waals surface area contributed by atoms with Gasteiger partial charge in [-0.15, -0.1) is 4.98 Å². The first-order valence-electron chi connectivity index (χ1n) is 11.2. The number of oxime groups is 2. The third kappa shape index (κ3) is 8.64. The molecular formula is C21H32ClN5O2. The second-order valence-electron chi connectivity index (χ2n) is 7.91. The van der Waals surface area contributed by atoms with Crippen LogP contribution >= 0.6 is 11.6 Å². The Morgan fingerprint density at radius 3 is 1.24 bits per heavy atom. The first kappa shape index (κ1) is 21.9. The summed E-state index contributed by atoms with van der Waals surface area (Å²) in [4.78, 5) is 23.1. The molecule has 7 nitrogen and oxygen atoms in total. The van der Waals surface area contributed by atoms with Crippen molar-refractivity contribution in [2.45, 2.75) is 103 Å². The van der Waals surface area contributed by atoms with Crippen LogP contribution in [0.5, 0.6) is 12.0 Å². The fourth-order valence-corrected chi connectivity index (χ4v) is 3.91. The van der Waals surface area contributed by atoms with Crippen molar-refractivity contribution < 1.29 is 9.68 Å². The van der Waals surface area contributed by atoms with Crippen LogP contribution in [0.4, 0.5) is 0 Å². The molecule has 0 aliphatic heterocycles. The topological polar surface area (TPSA) is 81.9 Å². The number of rotatable bonds is 4. The van der Waals surface area contributed by atoms with Crippen LogP contribution in [0.3, 0.4) is 0 Å². The van der Waals surface area contributed by atoms with Crippen molar-refractivity contribution in [1.82, 2.24) is 15.0 Å². The van der Waals surface area contributed by atoms with Gasteiger partial charge in [0.1, 0.15) is 0 Å². The summed E-state index contributed by atoms with van der Waals surface area (Å²) in [5.74, 6) is 0. The molecule has 0 radical (unpaired) electrons. The molecule has 0 spiro atoms. The quantitative estimate of drug-likeness (QED) is 0.535. The standard InChI is InChI=1S/C21H32ClN5O2/c22-19-23-20(28-26-17-13-9-5-1-2-6-10-14-17)25-21(24-19)29-27-18-15-11-7-3-4-8-12-16-18/h1-16H2. The third-order valence-corrected chi connectivity index (χ3v) is 5.61. The second kappa shape index (κ2) is 12.7. The van der Waals surface area contributed by atoms with Gasteiger partial charge in [0.05, 0.1) is 11.4 Å². The summed E-state index contributed by atoms with van der Waals surface area (Å²) in [6.45, 7) is 0. The van der Waals surface area contributed by atoms with E-state index in [-0.39, 0.29) is 17.3 Å². The molecule has 1 aromatic rings. The Balaban J connectivity index is 1.60. The highest BCUT2D eigenvalue weighted by molar-refractivity contribution is 6.28. The van der Waals surface area contributed by atoms with Crippen LogP contribution in [0, 0.1) is 0 Å². The van der Waals surface area contributed by atoms with Gasteiger partial charge in [-0.2, -0.15) is 9.97 Å². The fraction of sp³-hybridized carbons (Fsp3) is 0.762. The van der Waals surface area contributed by atoms with Crippen molar-refractivity contribution in [1.29, 1.82) is 0 Å². The van der Waals surface area contributed by atoms with Crippen LogP contribution in [-0.4, -0.2) is 26.4 Å². The lowest BCUT2D eigenvalue weighted by atomic mass is 10.1. The summed E-state index contributed by atoms with van der Waals surface area (Å²) in [7, 11) is 0. The van der Waals surface area contributed by atoms with Gasteiger partial charge in [0.15, 0.2) is 0 Å². The van der Waals surface area contributed by atoms with Crippen LogP contribution in [0.25, 0.3) is 0 Å². The van der Waals surface area contributed by atoms with Crippen molar-refractivity contribution in [2.24, 2.45) is 10.3 Å². The maximum Gasteiger partial charge on any atom is 0.353 e. The van der Waals surface area contributed by atoms with Crippen LogP contribution in [0.1, 0.15) is 103 Å². The minimum atomic E-state index is 0.00864. The number of halogens is 1. The zero-order valence-corrected chi connectivity index (χ0v) is 18.0. The highest BCUT2D eigenvalue weighted by Gasteiger charge is 2.11. The predicted octanol–water partition coefficient (Wildman–Crippen LogP) is 6.26. The SMILES string of the molecule is Clc1nc(ON=C2CCCCCCCC2)nc(ON=C2CCCCCCCC2)n1. The molecule has 1 aromatic heterocycles. The van der Waals surface area contributed by atoms with Crippen LogP contribution in [-0.2, 0) is 0 Å². The van der Waals surface area contributed by atoms with Gasteiger partial charge >= 0.3 is 12.0 Å². The Labute approximate surface area is 178 Å². The first-order chi connectivity index (χ1) is 14.3. The maximum atomic E-state index is 6.01. The van der Waals surface area contributed by atoms with E-state index in [1.54, 1.807) is 0 Å². The number of aromatic nitrogens is 3. The molecule has 2 fully saturated rings. The molecule has 0 bridgehead atoms. The van der Waals surface area contributed by atoms with Gasteiger partial charge in [0.2, 0.25) is 5.28 Å². The average Bonchev–Trinajstić information content (AvgIpc) is 2.93. The summed E-state index contributed by atoms with van der Waals surface area (Å²) in [6.07, 6.45) is 18.6. The molecule has 3 rings (SSSR count). The monoisotopic (exact) mass is 421 g/mol. The molecule has 0 N–H and O–H groups in total. The van der Waals surface area contributed by atoms with Crippen molar-refractivity contribution >= 4 is 23.0 Å². The highest BCUT2D eigenvalue weighted by Crippen LogP contribution is 2.19. The van der Waals surface area contributed by atoms with Crippen LogP contribution < -0.4 is 9.68 Å². The van der Waals surface area contributed by atoms with Gasteiger partial charge in [0, 0.05) is 0 Å². The van der Waals surface area contributed by atoms with Crippen molar-refractivity contribution in [3.8, 4) is 12.0 Å². The molecule has 160 valence electrons. The van der Waals surface area contributed by atoms with E-state index < -0.39 is 0 Å². The highest BCUT2D eigenvalue weighted by atomic mass is 35.5. The van der Waals surface area contributed by atoms with E-state index in [1.807, 2.05) is 0 Å². The minimum absolute atomic E-state index is 0.00864. The molecule has 2 aliphatic carbocycles. The largest absolute Gasteiger partial charge is 0.353 e. The van der Waals surface area contributed by atoms with Crippen LogP contribution in [0.15, 0.2) is 10.3 Å². The number of hydrogen-bond acceptors (Lipinski definition) is 7. The predicted molar refractivity (Wildman–Crippen MR) is 115 cm³/mol. The molecule has 0 unspecified atom stereocenters. The van der Waals surface area contributed by atoms with Gasteiger partial charge in [0.25, 0.3) is 0 Å². The third-order valence-electron chi connectivity index (χ3n) is 5.44. The lowest BCUT2D eigenvalue weighted by Crippen LogP contribution is -2.05. The Hall–Kier alpha value is -1.76. The van der Waals surface area contributed by atoms with E-state index in [2.05, 4.69) is 25.3 Å². The smallest absolute Gasteiger partial charge is 0.315 e. The molecule has 29 heavy (non-hydrogen) atoms. The van der Waals surface area contributed by atoms with Crippen molar-refractivity contribution in [3.05, 3.63) is 5.28 Å². The average molecular weight is 422 g/mol. The van der Waals surface area contributed by atoms with E-state index in [9.17, 15) is 0 Å². The number of nitrogens with zero attached hydrogens (tertiary/aromatic N) is 5. The van der Waals surface area contributed by atoms with E-state index in [0.29, 0.717) is 0 Å². The van der Waals surface area contributed by atoms with Gasteiger partial charge < -0.3 is 9.68 Å². The first-order valence-corrected chi connectivity index (χ1v) is 11.5. The van der Waals surface area contributed by atoms with Crippen molar-refractivity contribution in [3.63, 3.8) is 0 Å². The Bertz CT molecular complexity index is 617. The van der Waals surface area contributed by atoms with Gasteiger partial charge in [-0.05, 0) is 63.0 Å². The van der Waals surface area contributed by atoms with E-state index in [4.69, 9.17) is 21.3 Å². The molecule has 2 aliphatic rings. The molecule has 1 heterocycles. The van der Waals surface area contributed by atoms with E-state index >= 15 is 0 Å². The Morgan fingerprint density at radius 2 is 0.862 bits per heavy atom. The van der Waals surface area contributed by atoms with Gasteiger partial charge in [-0.25, -0.2) is 0 Å². The lowest BCUT2D eigenvalue weighted by molar-refractivity contribution is 0.276. The summed E-state index contributed by atoms with van der Waals surface area (Å²) < 4.78 is 0.